The van der Waals surface area contributed by atoms with Crippen molar-refractivity contribution in [2.75, 3.05) is 20.6 Å². The first-order chi connectivity index (χ1) is 19.8. The summed E-state index contributed by atoms with van der Waals surface area (Å²) in [6.45, 7) is 4.64. The summed E-state index contributed by atoms with van der Waals surface area (Å²) < 4.78 is 5.31. The summed E-state index contributed by atoms with van der Waals surface area (Å²) in [4.78, 5) is 68.7. The van der Waals surface area contributed by atoms with Gasteiger partial charge in [0.25, 0.3) is 0 Å². The molecule has 0 aliphatic heterocycles. The van der Waals surface area contributed by atoms with Gasteiger partial charge < -0.3 is 25.7 Å². The molecule has 11 nitrogen and oxygen atoms in total. The lowest BCUT2D eigenvalue weighted by Crippen LogP contribution is -2.74. The van der Waals surface area contributed by atoms with E-state index in [0.29, 0.717) is 28.8 Å². The number of phenols is 1. The minimum atomic E-state index is -2.76. The highest BCUT2D eigenvalue weighted by atomic mass is 16.3. The number of nitrogens with zero attached hydrogens (tertiary/aromatic N) is 1. The molecule has 0 radical (unpaired) electrons. The lowest BCUT2D eigenvalue weighted by molar-refractivity contribution is -0.181. The van der Waals surface area contributed by atoms with Crippen molar-refractivity contribution in [1.82, 2.24) is 10.2 Å². The van der Waals surface area contributed by atoms with Crippen LogP contribution in [0.5, 0.6) is 5.75 Å². The topological polar surface area (TPSA) is 180 Å². The van der Waals surface area contributed by atoms with Gasteiger partial charge in [0.1, 0.15) is 5.75 Å². The van der Waals surface area contributed by atoms with Gasteiger partial charge in [-0.05, 0) is 70.0 Å². The minimum absolute atomic E-state index is 0.0125. The fraction of sp³-hybridized carbons (Fsp3) is 0.452. The Morgan fingerprint density at radius 3 is 2.55 bits per heavy atom. The normalized spacial score (nSPS) is 29.4. The molecule has 5 rings (SSSR count). The molecule has 2 fully saturated rings. The third-order valence-corrected chi connectivity index (χ3v) is 9.18. The maximum atomic E-state index is 14.2. The fourth-order valence-electron chi connectivity index (χ4n) is 7.03. The summed E-state index contributed by atoms with van der Waals surface area (Å²) in [7, 11) is 3.11. The molecule has 5 N–H and O–H groups in total. The van der Waals surface area contributed by atoms with Crippen molar-refractivity contribution in [1.29, 1.82) is 0 Å². The number of ketones is 4. The Morgan fingerprint density at radius 1 is 1.24 bits per heavy atom. The molecule has 1 aromatic carbocycles. The van der Waals surface area contributed by atoms with Crippen LogP contribution < -0.4 is 11.1 Å². The van der Waals surface area contributed by atoms with Crippen LogP contribution >= 0.6 is 0 Å². The van der Waals surface area contributed by atoms with Crippen LogP contribution in [0.4, 0.5) is 0 Å². The number of amides is 1. The fourth-order valence-corrected chi connectivity index (χ4v) is 7.03. The zero-order valence-electron chi connectivity index (χ0n) is 24.0. The number of aliphatic hydroxyl groups is 1. The number of Topliss-reactive ketones (excluding diaryl/α,β-unsaturated/α-hetero) is 4. The first kappa shape index (κ1) is 29.6. The van der Waals surface area contributed by atoms with Crippen LogP contribution in [0.2, 0.25) is 0 Å². The van der Waals surface area contributed by atoms with E-state index in [9.17, 15) is 34.2 Å². The number of furan rings is 1. The summed E-state index contributed by atoms with van der Waals surface area (Å²) >= 11 is 0. The predicted octanol–water partition coefficient (Wildman–Crippen LogP) is 1.18. The quantitative estimate of drug-likeness (QED) is 0.276. The summed E-state index contributed by atoms with van der Waals surface area (Å²) in [5.74, 6) is -10.7. The average molecular weight is 578 g/mol. The SMILES string of the molecule is CC=C(C)CNCc1cc(-c2ccoc2)c2c(c1O)C(=O)C1C(=O)[C@]3(O)C(=O)C(C(N)=O)C(=O)[C@@H](N(C)C)[C@@H]3C[C@@H]1C2. The molecule has 6 atom stereocenters. The number of aromatic hydroxyl groups is 1. The monoisotopic (exact) mass is 577 g/mol. The van der Waals surface area contributed by atoms with Crippen LogP contribution in [0.25, 0.3) is 11.1 Å². The van der Waals surface area contributed by atoms with Gasteiger partial charge in [-0.25, -0.2) is 0 Å². The van der Waals surface area contributed by atoms with E-state index in [1.54, 1.807) is 26.2 Å². The molecule has 2 aromatic rings. The summed E-state index contributed by atoms with van der Waals surface area (Å²) in [6.07, 6.45) is 5.14. The third kappa shape index (κ3) is 4.34. The number of fused-ring (bicyclic) bond motifs is 3. The standard InChI is InChI=1S/C31H35N3O8/c1-5-14(2)11-33-12-17-9-18(15-6-7-42-13-15)19-8-16-10-20-24(34(3)4)27(37)23(30(32)40)29(39)31(20,41)28(38)21(16)26(36)22(19)25(17)35/h5-7,9,13,16,20-21,23-24,33,35,41H,8,10-12H2,1-4H3,(H2,32,40)/t16-,20-,21?,23?,24-,31-/m0/s1. The zero-order chi connectivity index (χ0) is 30.7. The number of primary amides is 1. The molecule has 0 saturated heterocycles. The van der Waals surface area contributed by atoms with E-state index in [1.165, 1.54) is 17.4 Å². The molecular weight excluding hydrogens is 542 g/mol. The van der Waals surface area contributed by atoms with Gasteiger partial charge >= 0.3 is 0 Å². The van der Waals surface area contributed by atoms with Gasteiger partial charge in [-0.3, -0.25) is 28.9 Å². The first-order valence-corrected chi connectivity index (χ1v) is 13.9. The Morgan fingerprint density at radius 2 is 1.95 bits per heavy atom. The van der Waals surface area contributed by atoms with E-state index >= 15 is 0 Å². The van der Waals surface area contributed by atoms with Crippen molar-refractivity contribution in [3.63, 3.8) is 0 Å². The van der Waals surface area contributed by atoms with Crippen molar-refractivity contribution in [3.05, 3.63) is 53.0 Å². The maximum Gasteiger partial charge on any atom is 0.235 e. The average Bonchev–Trinajstić information content (AvgIpc) is 3.46. The zero-order valence-corrected chi connectivity index (χ0v) is 24.0. The van der Waals surface area contributed by atoms with Crippen molar-refractivity contribution in [2.45, 2.75) is 44.9 Å². The first-order valence-electron chi connectivity index (χ1n) is 13.9. The number of nitrogens with one attached hydrogen (secondary N) is 1. The number of rotatable bonds is 7. The molecule has 11 heteroatoms. The van der Waals surface area contributed by atoms with Crippen LogP contribution in [0.15, 0.2) is 40.7 Å². The molecule has 2 unspecified atom stereocenters. The number of carbonyl (C=O) groups excluding carboxylic acids is 5. The second-order valence-electron chi connectivity index (χ2n) is 11.8. The number of benzene rings is 1. The summed E-state index contributed by atoms with van der Waals surface area (Å²) in [5, 5.41) is 26.4. The molecule has 1 aromatic heterocycles. The number of carbonyl (C=O) groups is 5. The molecular formula is C31H35N3O8. The second kappa shape index (κ2) is 10.7. The van der Waals surface area contributed by atoms with Crippen LogP contribution in [0.1, 0.15) is 41.8 Å². The van der Waals surface area contributed by atoms with Gasteiger partial charge in [0.2, 0.25) is 5.91 Å². The van der Waals surface area contributed by atoms with E-state index in [2.05, 4.69) is 5.32 Å². The lowest BCUT2D eigenvalue weighted by Gasteiger charge is -2.52. The second-order valence-corrected chi connectivity index (χ2v) is 11.8. The highest BCUT2D eigenvalue weighted by Crippen LogP contribution is 2.52. The van der Waals surface area contributed by atoms with Crippen LogP contribution in [0, 0.1) is 23.7 Å². The summed E-state index contributed by atoms with van der Waals surface area (Å²) in [5.41, 5.74) is 5.96. The van der Waals surface area contributed by atoms with Crippen molar-refractivity contribution < 1.29 is 38.6 Å². The summed E-state index contributed by atoms with van der Waals surface area (Å²) in [6, 6.07) is 2.38. The van der Waals surface area contributed by atoms with Crippen LogP contribution in [0.3, 0.4) is 0 Å². The van der Waals surface area contributed by atoms with Crippen molar-refractivity contribution >= 4 is 29.0 Å². The smallest absolute Gasteiger partial charge is 0.235 e. The van der Waals surface area contributed by atoms with Gasteiger partial charge in [0.15, 0.2) is 34.7 Å². The molecule has 3 aliphatic carbocycles. The van der Waals surface area contributed by atoms with Gasteiger partial charge in [-0.15, -0.1) is 0 Å². The third-order valence-electron chi connectivity index (χ3n) is 9.18. The Kier molecular flexibility index (Phi) is 7.55. The van der Waals surface area contributed by atoms with E-state index < -0.39 is 64.4 Å². The number of hydrogen-bond acceptors (Lipinski definition) is 10. The van der Waals surface area contributed by atoms with E-state index in [-0.39, 0.29) is 30.7 Å². The number of allylic oxidation sites excluding steroid dienone is 1. The molecule has 0 spiro atoms. The van der Waals surface area contributed by atoms with E-state index in [4.69, 9.17) is 10.2 Å². The molecule has 222 valence electrons. The molecule has 3 aliphatic rings. The Bertz CT molecular complexity index is 1520. The van der Waals surface area contributed by atoms with Crippen LogP contribution in [-0.2, 0) is 32.1 Å². The van der Waals surface area contributed by atoms with Gasteiger partial charge in [0.05, 0.1) is 30.0 Å². The number of likely N-dealkylation sites (N-methyl/N-ethyl adjacent to an activating group) is 1. The number of hydrogen-bond donors (Lipinski definition) is 4. The Labute approximate surface area is 242 Å². The van der Waals surface area contributed by atoms with E-state index in [1.807, 2.05) is 19.9 Å². The molecule has 1 amide bonds. The number of phenolic OH excluding ortho intramolecular Hbond substituents is 1. The number of nitrogens with two attached hydrogens (primary N) is 1. The minimum Gasteiger partial charge on any atom is -0.507 e. The molecule has 1 heterocycles. The maximum absolute atomic E-state index is 14.2. The van der Waals surface area contributed by atoms with E-state index in [0.717, 1.165) is 5.57 Å². The van der Waals surface area contributed by atoms with Crippen molar-refractivity contribution in [3.8, 4) is 16.9 Å². The molecule has 2 saturated carbocycles. The van der Waals surface area contributed by atoms with Gasteiger partial charge in [0, 0.05) is 30.1 Å². The van der Waals surface area contributed by atoms with Gasteiger partial charge in [-0.2, -0.15) is 0 Å². The Hall–Kier alpha value is -3.93. The highest BCUT2D eigenvalue weighted by Gasteiger charge is 2.69. The largest absolute Gasteiger partial charge is 0.507 e. The molecule has 0 bridgehead atoms. The van der Waals surface area contributed by atoms with Gasteiger partial charge in [-0.1, -0.05) is 11.6 Å². The van der Waals surface area contributed by atoms with Crippen molar-refractivity contribution in [2.24, 2.45) is 29.4 Å². The Balaban J connectivity index is 1.63. The highest BCUT2D eigenvalue weighted by molar-refractivity contribution is 6.32. The lowest BCUT2D eigenvalue weighted by atomic mass is 9.52. The van der Waals surface area contributed by atoms with Crippen LogP contribution in [-0.4, -0.2) is 76.4 Å². The predicted molar refractivity (Wildman–Crippen MR) is 150 cm³/mol. The molecule has 42 heavy (non-hydrogen) atoms.